The first-order valence-corrected chi connectivity index (χ1v) is 7.29. The zero-order valence-electron chi connectivity index (χ0n) is 11.1. The smallest absolute Gasteiger partial charge is 0.289 e. The molecule has 10 heteroatoms. The first-order chi connectivity index (χ1) is 9.81. The van der Waals surface area contributed by atoms with Crippen LogP contribution in [0.5, 0.6) is 0 Å². The van der Waals surface area contributed by atoms with Gasteiger partial charge in [0.15, 0.2) is 4.90 Å². The van der Waals surface area contributed by atoms with E-state index in [4.69, 9.17) is 5.73 Å². The quantitative estimate of drug-likeness (QED) is 0.466. The van der Waals surface area contributed by atoms with Gasteiger partial charge in [-0.3, -0.25) is 10.1 Å². The van der Waals surface area contributed by atoms with Crippen molar-refractivity contribution in [2.24, 2.45) is 7.05 Å². The van der Waals surface area contributed by atoms with Crippen LogP contribution in [0.15, 0.2) is 35.5 Å². The van der Waals surface area contributed by atoms with Crippen LogP contribution in [-0.2, 0) is 23.6 Å². The Morgan fingerprint density at radius 1 is 1.48 bits per heavy atom. The van der Waals surface area contributed by atoms with Crippen LogP contribution >= 0.6 is 0 Å². The molecular weight excluding hydrogens is 298 g/mol. The lowest BCUT2D eigenvalue weighted by molar-refractivity contribution is -0.387. The number of aryl methyl sites for hydroxylation is 1. The minimum atomic E-state index is -4.08. The van der Waals surface area contributed by atoms with E-state index in [-0.39, 0.29) is 12.2 Å². The van der Waals surface area contributed by atoms with Crippen molar-refractivity contribution in [3.63, 3.8) is 0 Å². The first-order valence-electron chi connectivity index (χ1n) is 5.81. The molecule has 0 bridgehead atoms. The monoisotopic (exact) mass is 311 g/mol. The third kappa shape index (κ3) is 3.17. The number of imidazole rings is 1. The Balaban J connectivity index is 2.33. The number of benzene rings is 1. The summed E-state index contributed by atoms with van der Waals surface area (Å²) in [6.07, 6.45) is 3.18. The van der Waals surface area contributed by atoms with E-state index < -0.39 is 25.5 Å². The Kier molecular flexibility index (Phi) is 3.91. The number of nitrogen functional groups attached to an aromatic ring is 1. The number of nitro benzene ring substituents is 1. The van der Waals surface area contributed by atoms with Gasteiger partial charge in [0.05, 0.1) is 11.5 Å². The van der Waals surface area contributed by atoms with Gasteiger partial charge in [0.1, 0.15) is 5.82 Å². The molecule has 0 saturated carbocycles. The lowest BCUT2D eigenvalue weighted by Crippen LogP contribution is -2.25. The highest BCUT2D eigenvalue weighted by molar-refractivity contribution is 7.89. The largest absolute Gasteiger partial charge is 0.399 e. The van der Waals surface area contributed by atoms with Crippen molar-refractivity contribution in [3.8, 4) is 0 Å². The van der Waals surface area contributed by atoms with Crippen LogP contribution in [0.2, 0.25) is 0 Å². The Morgan fingerprint density at radius 2 is 2.19 bits per heavy atom. The molecule has 0 fully saturated rings. The van der Waals surface area contributed by atoms with E-state index in [1.807, 2.05) is 0 Å². The molecular formula is C11H13N5O4S. The van der Waals surface area contributed by atoms with Gasteiger partial charge in [0, 0.05) is 31.2 Å². The van der Waals surface area contributed by atoms with Crippen molar-refractivity contribution in [1.29, 1.82) is 0 Å². The number of nitrogens with zero attached hydrogens (tertiary/aromatic N) is 3. The molecule has 3 N–H and O–H groups in total. The van der Waals surface area contributed by atoms with Gasteiger partial charge in [0.25, 0.3) is 5.69 Å². The molecule has 0 unspecified atom stereocenters. The highest BCUT2D eigenvalue weighted by Gasteiger charge is 2.26. The van der Waals surface area contributed by atoms with E-state index in [9.17, 15) is 18.5 Å². The Labute approximate surface area is 120 Å². The summed E-state index contributed by atoms with van der Waals surface area (Å²) in [5, 5.41) is 10.9. The second-order valence-corrected chi connectivity index (χ2v) is 6.00. The van der Waals surface area contributed by atoms with Gasteiger partial charge in [-0.1, -0.05) is 0 Å². The van der Waals surface area contributed by atoms with Crippen LogP contribution in [0.1, 0.15) is 5.82 Å². The van der Waals surface area contributed by atoms with Crippen LogP contribution in [0.25, 0.3) is 0 Å². The second-order valence-electron chi connectivity index (χ2n) is 4.26. The molecule has 0 radical (unpaired) electrons. The molecule has 0 aliphatic heterocycles. The fourth-order valence-corrected chi connectivity index (χ4v) is 2.88. The lowest BCUT2D eigenvalue weighted by atomic mass is 10.3. The summed E-state index contributed by atoms with van der Waals surface area (Å²) in [6.45, 7) is -0.0855. The fraction of sp³-hybridized carbons (Fsp3) is 0.182. The maximum Gasteiger partial charge on any atom is 0.289 e. The van der Waals surface area contributed by atoms with Crippen LogP contribution in [-0.4, -0.2) is 22.9 Å². The summed E-state index contributed by atoms with van der Waals surface area (Å²) in [5.74, 6) is 0.477. The Hall–Kier alpha value is -2.46. The first kappa shape index (κ1) is 14.9. The van der Waals surface area contributed by atoms with Gasteiger partial charge in [-0.15, -0.1) is 0 Å². The number of anilines is 1. The summed E-state index contributed by atoms with van der Waals surface area (Å²) in [5.41, 5.74) is 5.10. The molecule has 2 aromatic rings. The van der Waals surface area contributed by atoms with Crippen LogP contribution in [0, 0.1) is 10.1 Å². The van der Waals surface area contributed by atoms with Crippen molar-refractivity contribution in [3.05, 3.63) is 46.5 Å². The van der Waals surface area contributed by atoms with Crippen molar-refractivity contribution in [2.45, 2.75) is 11.4 Å². The average molecular weight is 311 g/mol. The summed E-state index contributed by atoms with van der Waals surface area (Å²) in [6, 6.07) is 3.39. The Bertz CT molecular complexity index is 784. The van der Waals surface area contributed by atoms with E-state index in [0.29, 0.717) is 5.82 Å². The normalized spacial score (nSPS) is 11.5. The van der Waals surface area contributed by atoms with E-state index in [0.717, 1.165) is 12.1 Å². The van der Waals surface area contributed by atoms with E-state index in [1.54, 1.807) is 17.8 Å². The summed E-state index contributed by atoms with van der Waals surface area (Å²) < 4.78 is 28.3. The van der Waals surface area contributed by atoms with Crippen LogP contribution < -0.4 is 10.5 Å². The summed E-state index contributed by atoms with van der Waals surface area (Å²) >= 11 is 0. The molecule has 112 valence electrons. The third-order valence-corrected chi connectivity index (χ3v) is 4.24. The molecule has 0 aliphatic carbocycles. The van der Waals surface area contributed by atoms with E-state index in [1.165, 1.54) is 12.3 Å². The number of hydrogen-bond acceptors (Lipinski definition) is 6. The fourth-order valence-electron chi connectivity index (χ4n) is 1.70. The molecule has 9 nitrogen and oxygen atoms in total. The standard InChI is InChI=1S/C11H13N5O4S/c1-15-5-4-13-11(15)7-14-21(19,20)10-6-8(12)2-3-9(10)16(17)18/h2-6,14H,7,12H2,1H3. The van der Waals surface area contributed by atoms with E-state index in [2.05, 4.69) is 9.71 Å². The van der Waals surface area contributed by atoms with Gasteiger partial charge < -0.3 is 10.3 Å². The molecule has 2 rings (SSSR count). The molecule has 0 aliphatic rings. The van der Waals surface area contributed by atoms with Crippen molar-refractivity contribution >= 4 is 21.4 Å². The summed E-state index contributed by atoms with van der Waals surface area (Å²) in [7, 11) is -2.37. The molecule has 1 aromatic carbocycles. The zero-order chi connectivity index (χ0) is 15.6. The predicted octanol–water partition coefficient (Wildman–Crippen LogP) is 0.389. The molecule has 1 aromatic heterocycles. The minimum absolute atomic E-state index is 0.0855. The number of sulfonamides is 1. The van der Waals surface area contributed by atoms with Gasteiger partial charge in [-0.2, -0.15) is 0 Å². The lowest BCUT2D eigenvalue weighted by Gasteiger charge is -2.08. The number of nitrogens with one attached hydrogen (secondary N) is 1. The topological polar surface area (TPSA) is 133 Å². The Morgan fingerprint density at radius 3 is 2.76 bits per heavy atom. The van der Waals surface area contributed by atoms with Gasteiger partial charge in [0.2, 0.25) is 10.0 Å². The molecule has 0 atom stereocenters. The van der Waals surface area contributed by atoms with Crippen molar-refractivity contribution < 1.29 is 13.3 Å². The highest BCUT2D eigenvalue weighted by Crippen LogP contribution is 2.25. The molecule has 0 saturated heterocycles. The maximum absolute atomic E-state index is 12.2. The van der Waals surface area contributed by atoms with Crippen LogP contribution in [0.3, 0.4) is 0 Å². The SMILES string of the molecule is Cn1ccnc1CNS(=O)(=O)c1cc(N)ccc1[N+](=O)[O-]. The predicted molar refractivity (Wildman–Crippen MR) is 74.7 cm³/mol. The van der Waals surface area contributed by atoms with Crippen LogP contribution in [0.4, 0.5) is 11.4 Å². The number of hydrogen-bond donors (Lipinski definition) is 2. The highest BCUT2D eigenvalue weighted by atomic mass is 32.2. The summed E-state index contributed by atoms with van der Waals surface area (Å²) in [4.78, 5) is 13.6. The third-order valence-electron chi connectivity index (χ3n) is 2.81. The van der Waals surface area contributed by atoms with Gasteiger partial charge >= 0.3 is 0 Å². The van der Waals surface area contributed by atoms with E-state index >= 15 is 0 Å². The molecule has 0 spiro atoms. The minimum Gasteiger partial charge on any atom is -0.399 e. The van der Waals surface area contributed by atoms with Gasteiger partial charge in [-0.05, 0) is 12.1 Å². The average Bonchev–Trinajstić information content (AvgIpc) is 2.81. The number of nitro groups is 1. The zero-order valence-corrected chi connectivity index (χ0v) is 11.9. The van der Waals surface area contributed by atoms with Crippen molar-refractivity contribution in [2.75, 3.05) is 5.73 Å². The van der Waals surface area contributed by atoms with Crippen molar-refractivity contribution in [1.82, 2.24) is 14.3 Å². The molecule has 1 heterocycles. The maximum atomic E-state index is 12.2. The molecule has 21 heavy (non-hydrogen) atoms. The number of nitrogens with two attached hydrogens (primary N) is 1. The number of rotatable bonds is 5. The van der Waals surface area contributed by atoms with Gasteiger partial charge in [-0.25, -0.2) is 18.1 Å². The molecule has 0 amide bonds. The number of aromatic nitrogens is 2. The second kappa shape index (κ2) is 5.50.